The van der Waals surface area contributed by atoms with Crippen molar-refractivity contribution >= 4 is 22.7 Å². The number of pyridine rings is 1. The standard InChI is InChI=1S/C19H17N3O4/c23-17-12-16(21-15-9-5-4-8-14(15)17)19(25)20-10-11-26-22-18(24)13-6-2-1-3-7-13/h1-9,12H,10-11H2,(H,20,25)(H,21,23)(H,22,24). The molecule has 2 amide bonds. The van der Waals surface area contributed by atoms with Gasteiger partial charge in [0, 0.05) is 29.1 Å². The number of carbonyl (C=O) groups excluding carboxylic acids is 2. The van der Waals surface area contributed by atoms with Gasteiger partial charge < -0.3 is 10.3 Å². The highest BCUT2D eigenvalue weighted by molar-refractivity contribution is 5.95. The fourth-order valence-electron chi connectivity index (χ4n) is 2.40. The van der Waals surface area contributed by atoms with Crippen molar-refractivity contribution in [1.29, 1.82) is 0 Å². The van der Waals surface area contributed by atoms with E-state index >= 15 is 0 Å². The minimum atomic E-state index is -0.425. The number of hydrogen-bond donors (Lipinski definition) is 3. The van der Waals surface area contributed by atoms with Gasteiger partial charge in [-0.3, -0.25) is 19.2 Å². The van der Waals surface area contributed by atoms with Crippen molar-refractivity contribution < 1.29 is 14.4 Å². The Morgan fingerprint density at radius 1 is 0.962 bits per heavy atom. The van der Waals surface area contributed by atoms with E-state index in [1.54, 1.807) is 48.5 Å². The lowest BCUT2D eigenvalue weighted by Crippen LogP contribution is -2.32. The largest absolute Gasteiger partial charge is 0.350 e. The number of nitrogens with one attached hydrogen (secondary N) is 3. The van der Waals surface area contributed by atoms with E-state index in [1.165, 1.54) is 6.07 Å². The first kappa shape index (κ1) is 17.4. The molecule has 0 unspecified atom stereocenters. The van der Waals surface area contributed by atoms with Gasteiger partial charge in [0.05, 0.1) is 6.61 Å². The van der Waals surface area contributed by atoms with E-state index in [2.05, 4.69) is 15.8 Å². The van der Waals surface area contributed by atoms with Gasteiger partial charge in [-0.1, -0.05) is 30.3 Å². The van der Waals surface area contributed by atoms with Crippen LogP contribution < -0.4 is 16.2 Å². The molecule has 132 valence electrons. The summed E-state index contributed by atoms with van der Waals surface area (Å²) in [5, 5.41) is 3.14. The van der Waals surface area contributed by atoms with Gasteiger partial charge in [-0.15, -0.1) is 0 Å². The molecule has 0 atom stereocenters. The van der Waals surface area contributed by atoms with Crippen LogP contribution in [0.4, 0.5) is 0 Å². The van der Waals surface area contributed by atoms with Gasteiger partial charge in [-0.25, -0.2) is 5.48 Å². The maximum atomic E-state index is 12.1. The van der Waals surface area contributed by atoms with Crippen molar-refractivity contribution in [2.45, 2.75) is 0 Å². The molecule has 0 fully saturated rings. The molecular weight excluding hydrogens is 334 g/mol. The topological polar surface area (TPSA) is 100 Å². The average molecular weight is 351 g/mol. The van der Waals surface area contributed by atoms with E-state index in [1.807, 2.05) is 6.07 Å². The zero-order valence-corrected chi connectivity index (χ0v) is 13.8. The fourth-order valence-corrected chi connectivity index (χ4v) is 2.40. The molecule has 0 radical (unpaired) electrons. The van der Waals surface area contributed by atoms with Crippen molar-refractivity contribution in [3.63, 3.8) is 0 Å². The number of fused-ring (bicyclic) bond motifs is 1. The van der Waals surface area contributed by atoms with Gasteiger partial charge in [0.15, 0.2) is 5.43 Å². The lowest BCUT2D eigenvalue weighted by atomic mass is 10.2. The fraction of sp³-hybridized carbons (Fsp3) is 0.105. The summed E-state index contributed by atoms with van der Waals surface area (Å²) < 4.78 is 0. The highest BCUT2D eigenvalue weighted by Crippen LogP contribution is 2.07. The number of amides is 2. The van der Waals surface area contributed by atoms with E-state index in [0.29, 0.717) is 16.5 Å². The van der Waals surface area contributed by atoms with Crippen molar-refractivity contribution in [3.8, 4) is 0 Å². The molecule has 0 saturated heterocycles. The average Bonchev–Trinajstić information content (AvgIpc) is 2.68. The summed E-state index contributed by atoms with van der Waals surface area (Å²) >= 11 is 0. The summed E-state index contributed by atoms with van der Waals surface area (Å²) in [7, 11) is 0. The quantitative estimate of drug-likeness (QED) is 0.464. The Labute approximate surface area is 149 Å². The van der Waals surface area contributed by atoms with E-state index in [-0.39, 0.29) is 30.2 Å². The summed E-state index contributed by atoms with van der Waals surface area (Å²) in [5.41, 5.74) is 3.31. The zero-order valence-electron chi connectivity index (χ0n) is 13.8. The Hall–Kier alpha value is -3.45. The van der Waals surface area contributed by atoms with Crippen LogP contribution in [-0.4, -0.2) is 29.9 Å². The first-order chi connectivity index (χ1) is 12.6. The molecule has 1 heterocycles. The molecule has 7 heteroatoms. The number of carbonyl (C=O) groups is 2. The lowest BCUT2D eigenvalue weighted by molar-refractivity contribution is 0.0323. The van der Waals surface area contributed by atoms with E-state index in [4.69, 9.17) is 4.84 Å². The molecule has 0 aliphatic rings. The molecule has 1 aromatic heterocycles. The van der Waals surface area contributed by atoms with Gasteiger partial charge in [0.2, 0.25) is 0 Å². The number of aromatic amines is 1. The second-order valence-electron chi connectivity index (χ2n) is 5.49. The number of rotatable bonds is 6. The molecule has 7 nitrogen and oxygen atoms in total. The second-order valence-corrected chi connectivity index (χ2v) is 5.49. The van der Waals surface area contributed by atoms with E-state index < -0.39 is 5.91 Å². The third kappa shape index (κ3) is 4.14. The summed E-state index contributed by atoms with van der Waals surface area (Å²) in [6, 6.07) is 16.9. The summed E-state index contributed by atoms with van der Waals surface area (Å²) in [6.45, 7) is 0.255. The number of aromatic nitrogens is 1. The molecule has 0 bridgehead atoms. The van der Waals surface area contributed by atoms with Gasteiger partial charge in [0.25, 0.3) is 11.8 Å². The molecule has 26 heavy (non-hydrogen) atoms. The van der Waals surface area contributed by atoms with Crippen molar-refractivity contribution in [2.75, 3.05) is 13.2 Å². The minimum Gasteiger partial charge on any atom is -0.350 e. The first-order valence-corrected chi connectivity index (χ1v) is 8.02. The third-order valence-electron chi connectivity index (χ3n) is 3.67. The van der Waals surface area contributed by atoms with Crippen LogP contribution in [0.1, 0.15) is 20.8 Å². The maximum Gasteiger partial charge on any atom is 0.274 e. The van der Waals surface area contributed by atoms with Crippen molar-refractivity contribution in [3.05, 3.63) is 82.1 Å². The Morgan fingerprint density at radius 3 is 2.50 bits per heavy atom. The smallest absolute Gasteiger partial charge is 0.274 e. The Balaban J connectivity index is 1.49. The highest BCUT2D eigenvalue weighted by atomic mass is 16.6. The molecule has 3 rings (SSSR count). The van der Waals surface area contributed by atoms with Gasteiger partial charge in [-0.2, -0.15) is 0 Å². The number of H-pyrrole nitrogens is 1. The summed E-state index contributed by atoms with van der Waals surface area (Å²) in [5.74, 6) is -0.790. The maximum absolute atomic E-state index is 12.1. The number of hydroxylamine groups is 1. The summed E-state index contributed by atoms with van der Waals surface area (Å²) in [6.07, 6.45) is 0. The number of para-hydroxylation sites is 1. The first-order valence-electron chi connectivity index (χ1n) is 8.02. The SMILES string of the molecule is O=C(NOCCNC(=O)c1cc(=O)c2ccccc2[nH]1)c1ccccc1. The van der Waals surface area contributed by atoms with Gasteiger partial charge in [0.1, 0.15) is 5.69 Å². The highest BCUT2D eigenvalue weighted by Gasteiger charge is 2.09. The molecule has 0 spiro atoms. The predicted molar refractivity (Wildman–Crippen MR) is 96.8 cm³/mol. The lowest BCUT2D eigenvalue weighted by Gasteiger charge is -2.08. The zero-order chi connectivity index (χ0) is 18.4. The van der Waals surface area contributed by atoms with Gasteiger partial charge >= 0.3 is 0 Å². The number of benzene rings is 2. The monoisotopic (exact) mass is 351 g/mol. The Morgan fingerprint density at radius 2 is 1.69 bits per heavy atom. The van der Waals surface area contributed by atoms with Crippen LogP contribution in [0.3, 0.4) is 0 Å². The van der Waals surface area contributed by atoms with Gasteiger partial charge in [-0.05, 0) is 24.3 Å². The van der Waals surface area contributed by atoms with Crippen LogP contribution >= 0.6 is 0 Å². The second kappa shape index (κ2) is 8.09. The molecule has 0 aliphatic heterocycles. The van der Waals surface area contributed by atoms with Crippen molar-refractivity contribution in [2.24, 2.45) is 0 Å². The van der Waals surface area contributed by atoms with Crippen LogP contribution in [-0.2, 0) is 4.84 Å². The molecule has 0 saturated carbocycles. The van der Waals surface area contributed by atoms with Crippen LogP contribution in [0.25, 0.3) is 10.9 Å². The number of hydrogen-bond acceptors (Lipinski definition) is 4. The third-order valence-corrected chi connectivity index (χ3v) is 3.67. The molecule has 3 aromatic rings. The van der Waals surface area contributed by atoms with Crippen LogP contribution in [0.2, 0.25) is 0 Å². The van der Waals surface area contributed by atoms with Crippen molar-refractivity contribution in [1.82, 2.24) is 15.8 Å². The Kier molecular flexibility index (Phi) is 5.40. The normalized spacial score (nSPS) is 10.5. The minimum absolute atomic E-state index is 0.0854. The predicted octanol–water partition coefficient (Wildman–Crippen LogP) is 1.62. The van der Waals surface area contributed by atoms with Crippen LogP contribution in [0, 0.1) is 0 Å². The molecule has 2 aromatic carbocycles. The van der Waals surface area contributed by atoms with E-state index in [0.717, 1.165) is 0 Å². The van der Waals surface area contributed by atoms with E-state index in [9.17, 15) is 14.4 Å². The molecule has 3 N–H and O–H groups in total. The van der Waals surface area contributed by atoms with Crippen LogP contribution in [0.15, 0.2) is 65.5 Å². The summed E-state index contributed by atoms with van der Waals surface area (Å²) in [4.78, 5) is 43.9. The van der Waals surface area contributed by atoms with Crippen LogP contribution in [0.5, 0.6) is 0 Å². The Bertz CT molecular complexity index is 983. The molecule has 0 aliphatic carbocycles. The molecular formula is C19H17N3O4.